The maximum Gasteiger partial charge on any atom is 0.0251 e. The van der Waals surface area contributed by atoms with E-state index in [0.29, 0.717) is 11.8 Å². The SMILES string of the molecule is c1ccc2c(c1)C1CC(N3CCCCC3)C2c2ccccc21. The maximum atomic E-state index is 2.80. The first-order chi connectivity index (χ1) is 10.9. The molecule has 0 saturated carbocycles. The molecule has 1 fully saturated rings. The molecule has 2 aromatic rings. The van der Waals surface area contributed by atoms with Crippen LogP contribution in [0.15, 0.2) is 48.5 Å². The van der Waals surface area contributed by atoms with Crippen molar-refractivity contribution < 1.29 is 0 Å². The smallest absolute Gasteiger partial charge is 0.0251 e. The van der Waals surface area contributed by atoms with Gasteiger partial charge in [0.15, 0.2) is 0 Å². The molecule has 0 radical (unpaired) electrons. The van der Waals surface area contributed by atoms with Gasteiger partial charge in [0.1, 0.15) is 0 Å². The number of benzene rings is 2. The molecule has 1 saturated heterocycles. The van der Waals surface area contributed by atoms with E-state index in [1.165, 1.54) is 38.8 Å². The van der Waals surface area contributed by atoms with Gasteiger partial charge in [-0.15, -0.1) is 0 Å². The van der Waals surface area contributed by atoms with E-state index < -0.39 is 0 Å². The lowest BCUT2D eigenvalue weighted by Gasteiger charge is -2.50. The minimum atomic E-state index is 0.593. The molecule has 4 aliphatic rings. The molecule has 0 aromatic heterocycles. The van der Waals surface area contributed by atoms with Crippen LogP contribution in [-0.4, -0.2) is 24.0 Å². The minimum absolute atomic E-state index is 0.593. The second kappa shape index (κ2) is 4.96. The Kier molecular flexibility index (Phi) is 2.91. The predicted molar refractivity (Wildman–Crippen MR) is 90.4 cm³/mol. The summed E-state index contributed by atoms with van der Waals surface area (Å²) in [6, 6.07) is 19.1. The van der Waals surface area contributed by atoms with E-state index in [1.807, 2.05) is 0 Å². The molecule has 0 amide bonds. The molecule has 2 aromatic carbocycles. The molecular formula is C21H23N. The summed E-state index contributed by atoms with van der Waals surface area (Å²) in [6.45, 7) is 2.61. The van der Waals surface area contributed by atoms with Crippen LogP contribution in [0.1, 0.15) is 59.8 Å². The summed E-state index contributed by atoms with van der Waals surface area (Å²) in [5, 5.41) is 0. The summed E-state index contributed by atoms with van der Waals surface area (Å²) in [4.78, 5) is 2.80. The minimum Gasteiger partial charge on any atom is -0.299 e. The fourth-order valence-corrected chi connectivity index (χ4v) is 5.21. The monoisotopic (exact) mass is 289 g/mol. The Bertz CT molecular complexity index is 651. The standard InChI is InChI=1S/C21H23N/c1-6-12-22(13-7-1)20-14-19-15-8-2-4-10-17(15)21(20)18-11-5-3-9-16(18)19/h2-5,8-11,19-21H,1,6-7,12-14H2. The number of rotatable bonds is 1. The van der Waals surface area contributed by atoms with Crippen molar-refractivity contribution in [2.45, 2.75) is 43.6 Å². The number of piperidine rings is 1. The molecule has 1 nitrogen and oxygen atoms in total. The highest BCUT2D eigenvalue weighted by Gasteiger charge is 2.45. The Morgan fingerprint density at radius 1 is 0.682 bits per heavy atom. The van der Waals surface area contributed by atoms with E-state index in [1.54, 1.807) is 22.3 Å². The Balaban J connectivity index is 1.65. The summed E-state index contributed by atoms with van der Waals surface area (Å²) in [7, 11) is 0. The molecule has 1 heteroatoms. The summed E-state index contributed by atoms with van der Waals surface area (Å²) in [5.41, 5.74) is 6.40. The summed E-state index contributed by atoms with van der Waals surface area (Å²) >= 11 is 0. The van der Waals surface area contributed by atoms with Gasteiger partial charge in [-0.05, 0) is 54.6 Å². The van der Waals surface area contributed by atoms with Crippen molar-refractivity contribution in [3.8, 4) is 0 Å². The van der Waals surface area contributed by atoms with Crippen molar-refractivity contribution in [1.29, 1.82) is 0 Å². The van der Waals surface area contributed by atoms with Gasteiger partial charge in [-0.3, -0.25) is 4.90 Å². The zero-order valence-electron chi connectivity index (χ0n) is 13.0. The highest BCUT2D eigenvalue weighted by Crippen LogP contribution is 2.54. The molecular weight excluding hydrogens is 266 g/mol. The average Bonchev–Trinajstić information content (AvgIpc) is 2.62. The first-order valence-electron chi connectivity index (χ1n) is 8.85. The van der Waals surface area contributed by atoms with E-state index in [0.717, 1.165) is 6.04 Å². The molecule has 1 atom stereocenters. The van der Waals surface area contributed by atoms with Gasteiger partial charge in [0.25, 0.3) is 0 Å². The largest absolute Gasteiger partial charge is 0.299 e. The molecule has 3 aliphatic carbocycles. The Morgan fingerprint density at radius 3 is 1.82 bits per heavy atom. The van der Waals surface area contributed by atoms with Gasteiger partial charge in [-0.1, -0.05) is 55.0 Å². The van der Waals surface area contributed by atoms with E-state index in [-0.39, 0.29) is 0 Å². The maximum absolute atomic E-state index is 2.80. The number of fused-ring (bicyclic) bond motifs is 1. The Labute approximate surface area is 133 Å². The fraction of sp³-hybridized carbons (Fsp3) is 0.429. The van der Waals surface area contributed by atoms with Crippen LogP contribution in [0.25, 0.3) is 0 Å². The van der Waals surface area contributed by atoms with Crippen LogP contribution in [-0.2, 0) is 0 Å². The summed E-state index contributed by atoms with van der Waals surface area (Å²) in [5.74, 6) is 1.21. The van der Waals surface area contributed by atoms with E-state index in [4.69, 9.17) is 0 Å². The highest BCUT2D eigenvalue weighted by atomic mass is 15.2. The molecule has 0 N–H and O–H groups in total. The van der Waals surface area contributed by atoms with Gasteiger partial charge in [-0.2, -0.15) is 0 Å². The molecule has 1 aliphatic heterocycles. The van der Waals surface area contributed by atoms with Crippen LogP contribution >= 0.6 is 0 Å². The molecule has 2 bridgehead atoms. The first-order valence-corrected chi connectivity index (χ1v) is 8.85. The fourth-order valence-electron chi connectivity index (χ4n) is 5.21. The van der Waals surface area contributed by atoms with Crippen LogP contribution in [0.2, 0.25) is 0 Å². The normalized spacial score (nSPS) is 29.9. The third-order valence-corrected chi connectivity index (χ3v) is 6.13. The van der Waals surface area contributed by atoms with Crippen molar-refractivity contribution >= 4 is 0 Å². The summed E-state index contributed by atoms with van der Waals surface area (Å²) in [6.07, 6.45) is 5.51. The van der Waals surface area contributed by atoms with Crippen molar-refractivity contribution in [1.82, 2.24) is 4.90 Å². The molecule has 22 heavy (non-hydrogen) atoms. The van der Waals surface area contributed by atoms with Crippen LogP contribution in [0.4, 0.5) is 0 Å². The van der Waals surface area contributed by atoms with Gasteiger partial charge >= 0.3 is 0 Å². The topological polar surface area (TPSA) is 3.24 Å². The van der Waals surface area contributed by atoms with Gasteiger partial charge in [-0.25, -0.2) is 0 Å². The first kappa shape index (κ1) is 12.9. The zero-order chi connectivity index (χ0) is 14.5. The van der Waals surface area contributed by atoms with Gasteiger partial charge in [0, 0.05) is 17.9 Å². The lowest BCUT2D eigenvalue weighted by atomic mass is 9.61. The van der Waals surface area contributed by atoms with Crippen molar-refractivity contribution in [2.24, 2.45) is 0 Å². The number of likely N-dealkylation sites (tertiary alicyclic amines) is 1. The Morgan fingerprint density at radius 2 is 1.23 bits per heavy atom. The number of hydrogen-bond donors (Lipinski definition) is 0. The van der Waals surface area contributed by atoms with Gasteiger partial charge in [0.2, 0.25) is 0 Å². The molecule has 112 valence electrons. The second-order valence-corrected chi connectivity index (χ2v) is 7.19. The van der Waals surface area contributed by atoms with Crippen molar-refractivity contribution in [2.75, 3.05) is 13.1 Å². The quantitative estimate of drug-likeness (QED) is 0.746. The molecule has 1 unspecified atom stereocenters. The predicted octanol–water partition coefficient (Wildman–Crippen LogP) is 4.52. The van der Waals surface area contributed by atoms with E-state index >= 15 is 0 Å². The highest BCUT2D eigenvalue weighted by molar-refractivity contribution is 5.56. The number of hydrogen-bond acceptors (Lipinski definition) is 1. The lowest BCUT2D eigenvalue weighted by molar-refractivity contribution is 0.126. The third-order valence-electron chi connectivity index (χ3n) is 6.13. The Hall–Kier alpha value is -1.60. The second-order valence-electron chi connectivity index (χ2n) is 7.19. The molecule has 0 spiro atoms. The number of nitrogens with zero attached hydrogens (tertiary/aromatic N) is 1. The lowest BCUT2D eigenvalue weighted by Crippen LogP contribution is -2.48. The van der Waals surface area contributed by atoms with Crippen molar-refractivity contribution in [3.63, 3.8) is 0 Å². The van der Waals surface area contributed by atoms with Gasteiger partial charge < -0.3 is 0 Å². The third kappa shape index (κ3) is 1.75. The van der Waals surface area contributed by atoms with E-state index in [9.17, 15) is 0 Å². The molecule has 1 heterocycles. The zero-order valence-corrected chi connectivity index (χ0v) is 13.0. The van der Waals surface area contributed by atoms with Crippen molar-refractivity contribution in [3.05, 3.63) is 70.8 Å². The van der Waals surface area contributed by atoms with Crippen LogP contribution in [0, 0.1) is 0 Å². The van der Waals surface area contributed by atoms with Crippen LogP contribution in [0.3, 0.4) is 0 Å². The molecule has 6 rings (SSSR count). The van der Waals surface area contributed by atoms with E-state index in [2.05, 4.69) is 53.4 Å². The summed E-state index contributed by atoms with van der Waals surface area (Å²) < 4.78 is 0. The van der Waals surface area contributed by atoms with Crippen LogP contribution in [0.5, 0.6) is 0 Å². The average molecular weight is 289 g/mol. The van der Waals surface area contributed by atoms with Gasteiger partial charge in [0.05, 0.1) is 0 Å². The van der Waals surface area contributed by atoms with Crippen LogP contribution < -0.4 is 0 Å².